The van der Waals surface area contributed by atoms with E-state index in [1.54, 1.807) is 4.68 Å². The summed E-state index contributed by atoms with van der Waals surface area (Å²) in [6, 6.07) is 0.130. The van der Waals surface area contributed by atoms with Gasteiger partial charge in [0.25, 0.3) is 6.43 Å². The lowest BCUT2D eigenvalue weighted by Gasteiger charge is -2.18. The lowest BCUT2D eigenvalue weighted by molar-refractivity contribution is 0.0144. The summed E-state index contributed by atoms with van der Waals surface area (Å²) in [6.45, 7) is 4.62. The van der Waals surface area contributed by atoms with Gasteiger partial charge < -0.3 is 10.1 Å². The molecule has 1 rings (SSSR count). The zero-order valence-electron chi connectivity index (χ0n) is 12.8. The van der Waals surface area contributed by atoms with Gasteiger partial charge >= 0.3 is 0 Å². The molecular formula is C14H24ClF2N3O. The molecule has 1 unspecified atom stereocenters. The number of aryl methyl sites for hydroxylation is 2. The highest BCUT2D eigenvalue weighted by Crippen LogP contribution is 2.22. The first kappa shape index (κ1) is 18.3. The second kappa shape index (κ2) is 9.33. The van der Waals surface area contributed by atoms with E-state index >= 15 is 0 Å². The maximum atomic E-state index is 12.0. The molecular weight excluding hydrogens is 300 g/mol. The molecule has 0 aliphatic heterocycles. The molecule has 0 saturated carbocycles. The fraction of sp³-hybridized carbons (Fsp3) is 0.786. The summed E-state index contributed by atoms with van der Waals surface area (Å²) >= 11 is 6.34. The van der Waals surface area contributed by atoms with Crippen LogP contribution in [0.1, 0.15) is 31.7 Å². The predicted octanol–water partition coefficient (Wildman–Crippen LogP) is 2.83. The van der Waals surface area contributed by atoms with E-state index in [-0.39, 0.29) is 6.04 Å². The Balaban J connectivity index is 2.59. The van der Waals surface area contributed by atoms with Crippen LogP contribution in [0, 0.1) is 0 Å². The van der Waals surface area contributed by atoms with Crippen LogP contribution in [0.25, 0.3) is 0 Å². The van der Waals surface area contributed by atoms with Gasteiger partial charge in [0, 0.05) is 26.1 Å². The second-order valence-electron chi connectivity index (χ2n) is 4.90. The second-order valence-corrected chi connectivity index (χ2v) is 5.28. The van der Waals surface area contributed by atoms with Crippen molar-refractivity contribution < 1.29 is 13.5 Å². The first-order valence-electron chi connectivity index (χ1n) is 7.29. The number of nitrogens with zero attached hydrogens (tertiary/aromatic N) is 2. The van der Waals surface area contributed by atoms with Gasteiger partial charge in [-0.3, -0.25) is 4.68 Å². The van der Waals surface area contributed by atoms with Gasteiger partial charge in [0.1, 0.15) is 6.61 Å². The molecule has 0 amide bonds. The number of rotatable bonds is 10. The summed E-state index contributed by atoms with van der Waals surface area (Å²) in [4.78, 5) is 0. The summed E-state index contributed by atoms with van der Waals surface area (Å²) in [5.41, 5.74) is 1.85. The van der Waals surface area contributed by atoms with Crippen LogP contribution in [0.15, 0.2) is 0 Å². The zero-order valence-corrected chi connectivity index (χ0v) is 13.6. The summed E-state index contributed by atoms with van der Waals surface area (Å²) < 4.78 is 30.8. The van der Waals surface area contributed by atoms with E-state index in [1.807, 2.05) is 20.9 Å². The van der Waals surface area contributed by atoms with Gasteiger partial charge in [-0.1, -0.05) is 25.4 Å². The molecule has 0 spiro atoms. The van der Waals surface area contributed by atoms with Crippen LogP contribution >= 0.6 is 11.6 Å². The molecule has 0 saturated heterocycles. The Morgan fingerprint density at radius 3 is 2.62 bits per heavy atom. The third kappa shape index (κ3) is 5.88. The molecule has 1 atom stereocenters. The van der Waals surface area contributed by atoms with Gasteiger partial charge in [-0.25, -0.2) is 8.78 Å². The van der Waals surface area contributed by atoms with E-state index in [0.717, 1.165) is 24.4 Å². The number of hydrogen-bond acceptors (Lipinski definition) is 3. The molecule has 0 aliphatic carbocycles. The molecule has 0 fully saturated rings. The quantitative estimate of drug-likeness (QED) is 0.673. The number of ether oxygens (including phenoxy) is 1. The summed E-state index contributed by atoms with van der Waals surface area (Å²) in [6.07, 6.45) is -0.269. The van der Waals surface area contributed by atoms with Crippen LogP contribution in [0.4, 0.5) is 8.78 Å². The number of halogens is 3. The maximum Gasteiger partial charge on any atom is 0.261 e. The maximum absolute atomic E-state index is 12.0. The molecule has 7 heteroatoms. The van der Waals surface area contributed by atoms with Crippen molar-refractivity contribution in [2.75, 3.05) is 19.8 Å². The Bertz CT molecular complexity index is 427. The average molecular weight is 324 g/mol. The van der Waals surface area contributed by atoms with Crippen molar-refractivity contribution in [2.24, 2.45) is 7.05 Å². The van der Waals surface area contributed by atoms with Gasteiger partial charge in [0.05, 0.1) is 16.4 Å². The topological polar surface area (TPSA) is 39.1 Å². The molecule has 21 heavy (non-hydrogen) atoms. The predicted molar refractivity (Wildman–Crippen MR) is 80.2 cm³/mol. The Morgan fingerprint density at radius 1 is 1.38 bits per heavy atom. The summed E-state index contributed by atoms with van der Waals surface area (Å²) in [5.74, 6) is 0. The minimum absolute atomic E-state index is 0.130. The number of alkyl halides is 2. The fourth-order valence-corrected chi connectivity index (χ4v) is 2.61. The molecule has 0 radical (unpaired) electrons. The van der Waals surface area contributed by atoms with Crippen molar-refractivity contribution in [1.82, 2.24) is 15.1 Å². The molecule has 0 bridgehead atoms. The van der Waals surface area contributed by atoms with E-state index < -0.39 is 13.0 Å². The monoisotopic (exact) mass is 323 g/mol. The lowest BCUT2D eigenvalue weighted by Crippen LogP contribution is -2.33. The first-order valence-corrected chi connectivity index (χ1v) is 7.66. The van der Waals surface area contributed by atoms with Crippen LogP contribution in [-0.2, 0) is 24.6 Å². The first-order chi connectivity index (χ1) is 9.99. The smallest absolute Gasteiger partial charge is 0.261 e. The number of hydrogen-bond donors (Lipinski definition) is 1. The van der Waals surface area contributed by atoms with E-state index in [4.69, 9.17) is 16.3 Å². The van der Waals surface area contributed by atoms with Crippen LogP contribution in [0.2, 0.25) is 5.02 Å². The Hall–Kier alpha value is -0.720. The zero-order chi connectivity index (χ0) is 15.8. The molecule has 1 aromatic rings. The Labute approximate surface area is 129 Å². The van der Waals surface area contributed by atoms with Crippen molar-refractivity contribution in [3.63, 3.8) is 0 Å². The Morgan fingerprint density at radius 2 is 2.10 bits per heavy atom. The van der Waals surface area contributed by atoms with Crippen molar-refractivity contribution >= 4 is 11.6 Å². The minimum Gasteiger partial charge on any atom is -0.375 e. The van der Waals surface area contributed by atoms with Crippen LogP contribution in [-0.4, -0.2) is 42.0 Å². The Kier molecular flexibility index (Phi) is 8.14. The van der Waals surface area contributed by atoms with Crippen LogP contribution in [0.5, 0.6) is 0 Å². The van der Waals surface area contributed by atoms with Crippen molar-refractivity contribution in [2.45, 2.75) is 45.6 Å². The number of aromatic nitrogens is 2. The van der Waals surface area contributed by atoms with Gasteiger partial charge in [-0.05, 0) is 19.4 Å². The van der Waals surface area contributed by atoms with Gasteiger partial charge in [0.15, 0.2) is 0 Å². The lowest BCUT2D eigenvalue weighted by atomic mass is 10.1. The van der Waals surface area contributed by atoms with Crippen LogP contribution in [0.3, 0.4) is 0 Å². The summed E-state index contributed by atoms with van der Waals surface area (Å²) in [5, 5.41) is 8.43. The van der Waals surface area contributed by atoms with Gasteiger partial charge in [-0.2, -0.15) is 5.10 Å². The van der Waals surface area contributed by atoms with Crippen molar-refractivity contribution in [3.05, 3.63) is 16.4 Å². The molecule has 1 N–H and O–H groups in total. The SMILES string of the molecule is CCNC(CCOCC(F)F)Cc1c(Cl)c(CC)nn1C. The molecule has 1 aromatic heterocycles. The van der Waals surface area contributed by atoms with Crippen molar-refractivity contribution in [1.29, 1.82) is 0 Å². The van der Waals surface area contributed by atoms with E-state index in [2.05, 4.69) is 10.4 Å². The van der Waals surface area contributed by atoms with Crippen LogP contribution < -0.4 is 5.32 Å². The summed E-state index contributed by atoms with van der Waals surface area (Å²) in [7, 11) is 1.87. The molecule has 122 valence electrons. The standard InChI is InChI=1S/C14H24ClF2N3O/c1-4-11-14(15)12(20(3)19-11)8-10(18-5-2)6-7-21-9-13(16)17/h10,13,18H,4-9H2,1-3H3. The minimum atomic E-state index is -2.42. The third-order valence-electron chi connectivity index (χ3n) is 3.29. The average Bonchev–Trinajstić information content (AvgIpc) is 2.70. The molecule has 4 nitrogen and oxygen atoms in total. The van der Waals surface area contributed by atoms with E-state index in [1.165, 1.54) is 0 Å². The van der Waals surface area contributed by atoms with E-state index in [0.29, 0.717) is 24.5 Å². The number of nitrogens with one attached hydrogen (secondary N) is 1. The highest BCUT2D eigenvalue weighted by Gasteiger charge is 2.17. The molecule has 0 aliphatic rings. The fourth-order valence-electron chi connectivity index (χ4n) is 2.24. The largest absolute Gasteiger partial charge is 0.375 e. The number of likely N-dealkylation sites (N-methyl/N-ethyl adjacent to an activating group) is 1. The van der Waals surface area contributed by atoms with Crippen molar-refractivity contribution in [3.8, 4) is 0 Å². The van der Waals surface area contributed by atoms with E-state index in [9.17, 15) is 8.78 Å². The normalized spacial score (nSPS) is 13.1. The molecule has 0 aromatic carbocycles. The highest BCUT2D eigenvalue weighted by atomic mass is 35.5. The third-order valence-corrected chi connectivity index (χ3v) is 3.73. The molecule has 1 heterocycles. The van der Waals surface area contributed by atoms with Gasteiger partial charge in [-0.15, -0.1) is 0 Å². The van der Waals surface area contributed by atoms with Gasteiger partial charge in [0.2, 0.25) is 0 Å². The highest BCUT2D eigenvalue weighted by molar-refractivity contribution is 6.31.